The molecule has 2 saturated heterocycles. The Balaban J connectivity index is 1.59. The summed E-state index contributed by atoms with van der Waals surface area (Å²) in [4.78, 5) is 27.1. The summed E-state index contributed by atoms with van der Waals surface area (Å²) in [7, 11) is 0. The van der Waals surface area contributed by atoms with Gasteiger partial charge in [0.25, 0.3) is 5.91 Å². The van der Waals surface area contributed by atoms with E-state index >= 15 is 0 Å². The minimum Gasteiger partial charge on any atom is -0.354 e. The maximum Gasteiger partial charge on any atom is 0.257 e. The zero-order chi connectivity index (χ0) is 18.1. The Morgan fingerprint density at radius 1 is 1.31 bits per heavy atom. The lowest BCUT2D eigenvalue weighted by atomic mass is 9.91. The van der Waals surface area contributed by atoms with Gasteiger partial charge in [0.05, 0.1) is 36.0 Å². The lowest BCUT2D eigenvalue weighted by Gasteiger charge is -2.35. The minimum absolute atomic E-state index is 0.00682. The number of nitrogens with one attached hydrogen (secondary N) is 1. The molecule has 0 radical (unpaired) electrons. The van der Waals surface area contributed by atoms with Crippen LogP contribution in [0.15, 0.2) is 36.5 Å². The molecule has 1 aromatic carbocycles. The first-order chi connectivity index (χ1) is 12.7. The van der Waals surface area contributed by atoms with Crippen molar-refractivity contribution in [3.05, 3.63) is 53.3 Å². The molecule has 0 bridgehead atoms. The van der Waals surface area contributed by atoms with Gasteiger partial charge in [-0.15, -0.1) is 0 Å². The predicted molar refractivity (Wildman–Crippen MR) is 97.7 cm³/mol. The number of piperidine rings is 1. The van der Waals surface area contributed by atoms with Crippen molar-refractivity contribution in [3.8, 4) is 0 Å². The highest BCUT2D eigenvalue weighted by molar-refractivity contribution is 5.96. The summed E-state index contributed by atoms with van der Waals surface area (Å²) in [6, 6.07) is 10.1. The van der Waals surface area contributed by atoms with Crippen molar-refractivity contribution in [1.82, 2.24) is 20.0 Å². The molecule has 2 aliphatic rings. The van der Waals surface area contributed by atoms with Crippen LogP contribution in [0.3, 0.4) is 0 Å². The van der Waals surface area contributed by atoms with E-state index in [1.807, 2.05) is 27.8 Å². The van der Waals surface area contributed by atoms with E-state index in [0.717, 1.165) is 30.5 Å². The Hall–Kier alpha value is -2.63. The van der Waals surface area contributed by atoms with Crippen molar-refractivity contribution in [1.29, 1.82) is 0 Å². The van der Waals surface area contributed by atoms with E-state index in [1.54, 1.807) is 6.20 Å². The van der Waals surface area contributed by atoms with E-state index in [2.05, 4.69) is 29.5 Å². The van der Waals surface area contributed by atoms with Crippen LogP contribution in [0.5, 0.6) is 0 Å². The summed E-state index contributed by atoms with van der Waals surface area (Å²) in [5.41, 5.74) is 2.79. The number of likely N-dealkylation sites (tertiary alicyclic amines) is 1. The second-order valence-corrected chi connectivity index (χ2v) is 7.06. The molecule has 2 amide bonds. The highest BCUT2D eigenvalue weighted by Gasteiger charge is 2.43. The van der Waals surface area contributed by atoms with E-state index < -0.39 is 0 Å². The number of rotatable bonds is 4. The summed E-state index contributed by atoms with van der Waals surface area (Å²) in [6.45, 7) is 3.98. The quantitative estimate of drug-likeness (QED) is 0.913. The van der Waals surface area contributed by atoms with Gasteiger partial charge in [-0.05, 0) is 24.8 Å². The van der Waals surface area contributed by atoms with E-state index in [0.29, 0.717) is 25.2 Å². The third-order valence-corrected chi connectivity index (χ3v) is 5.55. The smallest absolute Gasteiger partial charge is 0.257 e. The number of fused-ring (bicyclic) bond motifs is 1. The molecular weight excluding hydrogens is 328 g/mol. The summed E-state index contributed by atoms with van der Waals surface area (Å²) >= 11 is 0. The van der Waals surface area contributed by atoms with Crippen molar-refractivity contribution in [2.45, 2.75) is 38.8 Å². The average Bonchev–Trinajstić information content (AvgIpc) is 3.25. The second-order valence-electron chi connectivity index (χ2n) is 7.06. The highest BCUT2D eigenvalue weighted by atomic mass is 16.2. The molecular formula is C20H24N4O2. The second kappa shape index (κ2) is 6.94. The molecule has 0 unspecified atom stereocenters. The fraction of sp³-hybridized carbons (Fsp3) is 0.450. The summed E-state index contributed by atoms with van der Waals surface area (Å²) in [6.07, 6.45) is 4.18. The fourth-order valence-electron chi connectivity index (χ4n) is 4.21. The predicted octanol–water partition coefficient (Wildman–Crippen LogP) is 1.84. The molecule has 6 nitrogen and oxygen atoms in total. The number of aromatic nitrogens is 2. The number of hydrogen-bond donors (Lipinski definition) is 1. The van der Waals surface area contributed by atoms with Crippen LogP contribution in [0.25, 0.3) is 0 Å². The Labute approximate surface area is 153 Å². The maximum absolute atomic E-state index is 13.2. The Morgan fingerprint density at radius 3 is 2.88 bits per heavy atom. The van der Waals surface area contributed by atoms with E-state index in [4.69, 9.17) is 0 Å². The van der Waals surface area contributed by atoms with Crippen LogP contribution in [0.1, 0.15) is 41.4 Å². The zero-order valence-electron chi connectivity index (χ0n) is 15.0. The molecule has 2 aliphatic heterocycles. The molecule has 1 aromatic heterocycles. The topological polar surface area (TPSA) is 67.2 Å². The van der Waals surface area contributed by atoms with Crippen LogP contribution in [-0.2, 0) is 17.8 Å². The Bertz CT molecular complexity index is 814. The van der Waals surface area contributed by atoms with Crippen LogP contribution < -0.4 is 5.32 Å². The van der Waals surface area contributed by atoms with Gasteiger partial charge < -0.3 is 10.2 Å². The number of amides is 2. The van der Waals surface area contributed by atoms with E-state index in [9.17, 15) is 9.59 Å². The summed E-state index contributed by atoms with van der Waals surface area (Å²) in [5.74, 6) is 0.0347. The first kappa shape index (κ1) is 16.8. The normalized spacial score (nSPS) is 22.2. The van der Waals surface area contributed by atoms with E-state index in [1.165, 1.54) is 0 Å². The molecule has 1 N–H and O–H groups in total. The Kier molecular flexibility index (Phi) is 4.49. The van der Waals surface area contributed by atoms with Crippen LogP contribution in [0, 0.1) is 5.92 Å². The number of benzene rings is 1. The maximum atomic E-state index is 13.2. The van der Waals surface area contributed by atoms with Gasteiger partial charge >= 0.3 is 0 Å². The van der Waals surface area contributed by atoms with Crippen LogP contribution in [-0.4, -0.2) is 45.6 Å². The van der Waals surface area contributed by atoms with Gasteiger partial charge in [-0.3, -0.25) is 14.3 Å². The van der Waals surface area contributed by atoms with Crippen molar-refractivity contribution in [2.75, 3.05) is 13.1 Å². The molecule has 0 saturated carbocycles. The number of carbonyl (C=O) groups excluding carboxylic acids is 2. The molecule has 136 valence electrons. The molecule has 4 rings (SSSR count). The minimum atomic E-state index is -0.0582. The lowest BCUT2D eigenvalue weighted by molar-refractivity contribution is -0.123. The zero-order valence-corrected chi connectivity index (χ0v) is 15.0. The summed E-state index contributed by atoms with van der Waals surface area (Å²) < 4.78 is 1.92. The van der Waals surface area contributed by atoms with Crippen molar-refractivity contribution in [3.63, 3.8) is 0 Å². The van der Waals surface area contributed by atoms with Gasteiger partial charge in [0, 0.05) is 13.1 Å². The van der Waals surface area contributed by atoms with Gasteiger partial charge in [0.15, 0.2) is 0 Å². The van der Waals surface area contributed by atoms with Crippen LogP contribution in [0.2, 0.25) is 0 Å². The largest absolute Gasteiger partial charge is 0.354 e. The number of carbonyl (C=O) groups is 2. The average molecular weight is 352 g/mol. The molecule has 3 heterocycles. The SMILES string of the molecule is CCc1c(C(=O)N2CCC[C@H]3C(=O)NC[C@H]32)cnn1Cc1ccccc1. The van der Waals surface area contributed by atoms with Crippen LogP contribution >= 0.6 is 0 Å². The number of nitrogens with zero attached hydrogens (tertiary/aromatic N) is 3. The van der Waals surface area contributed by atoms with Gasteiger partial charge in [0.1, 0.15) is 0 Å². The van der Waals surface area contributed by atoms with Crippen molar-refractivity contribution < 1.29 is 9.59 Å². The molecule has 26 heavy (non-hydrogen) atoms. The third kappa shape index (κ3) is 2.89. The number of hydrogen-bond acceptors (Lipinski definition) is 3. The van der Waals surface area contributed by atoms with Gasteiger partial charge in [-0.25, -0.2) is 0 Å². The van der Waals surface area contributed by atoms with E-state index in [-0.39, 0.29) is 23.8 Å². The lowest BCUT2D eigenvalue weighted by Crippen LogP contribution is -2.48. The standard InChI is InChI=1S/C20H24N4O2/c1-2-17-16(11-22-24(17)13-14-7-4-3-5-8-14)20(26)23-10-6-9-15-18(23)12-21-19(15)25/h3-5,7-8,11,15,18H,2,6,9-10,12-13H2,1H3,(H,21,25)/t15-,18-/m1/s1. The molecule has 2 atom stereocenters. The monoisotopic (exact) mass is 352 g/mol. The van der Waals surface area contributed by atoms with Gasteiger partial charge in [-0.2, -0.15) is 5.10 Å². The van der Waals surface area contributed by atoms with Gasteiger partial charge in [-0.1, -0.05) is 37.3 Å². The van der Waals surface area contributed by atoms with Crippen LogP contribution in [0.4, 0.5) is 0 Å². The fourth-order valence-corrected chi connectivity index (χ4v) is 4.21. The molecule has 0 spiro atoms. The molecule has 2 fully saturated rings. The highest BCUT2D eigenvalue weighted by Crippen LogP contribution is 2.29. The van der Waals surface area contributed by atoms with Crippen molar-refractivity contribution in [2.24, 2.45) is 5.92 Å². The molecule has 2 aromatic rings. The van der Waals surface area contributed by atoms with Gasteiger partial charge in [0.2, 0.25) is 5.91 Å². The summed E-state index contributed by atoms with van der Waals surface area (Å²) in [5, 5.41) is 7.40. The Morgan fingerprint density at radius 2 is 2.12 bits per heavy atom. The first-order valence-corrected chi connectivity index (χ1v) is 9.36. The molecule has 0 aliphatic carbocycles. The van der Waals surface area contributed by atoms with Crippen molar-refractivity contribution >= 4 is 11.8 Å². The molecule has 6 heteroatoms. The third-order valence-electron chi connectivity index (χ3n) is 5.55. The first-order valence-electron chi connectivity index (χ1n) is 9.36.